The Morgan fingerprint density at radius 3 is 2.12 bits per heavy atom. The van der Waals surface area contributed by atoms with Crippen molar-refractivity contribution in [2.24, 2.45) is 0 Å². The van der Waals surface area contributed by atoms with Gasteiger partial charge in [0.25, 0.3) is 0 Å². The lowest BCUT2D eigenvalue weighted by Crippen LogP contribution is -2.05. The molecule has 0 radical (unpaired) electrons. The maximum atomic E-state index is 13.2. The van der Waals surface area contributed by atoms with Crippen molar-refractivity contribution in [1.29, 1.82) is 0 Å². The fraction of sp³-hybridized carbons (Fsp3) is 0.160. The number of methoxy groups -OCH3 is 2. The number of aromatic nitrogens is 2. The summed E-state index contributed by atoms with van der Waals surface area (Å²) in [6.45, 7) is 1.97. The zero-order valence-corrected chi connectivity index (χ0v) is 18.0. The molecule has 162 valence electrons. The first-order valence-electron chi connectivity index (χ1n) is 10.1. The molecule has 0 N–H and O–H groups in total. The van der Waals surface area contributed by atoms with Crippen LogP contribution in [0.4, 0.5) is 0 Å². The summed E-state index contributed by atoms with van der Waals surface area (Å²) in [5.74, 6) is 0.652. The number of esters is 1. The third-order valence-electron chi connectivity index (χ3n) is 5.13. The topological polar surface area (TPSA) is 79.1 Å². The summed E-state index contributed by atoms with van der Waals surface area (Å²) in [6.07, 6.45) is 1.55. The lowest BCUT2D eigenvalue weighted by molar-refractivity contribution is 0.0529. The van der Waals surface area contributed by atoms with Gasteiger partial charge in [-0.15, -0.1) is 0 Å². The molecule has 0 fully saturated rings. The molecule has 0 aliphatic heterocycles. The van der Waals surface area contributed by atoms with E-state index < -0.39 is 5.97 Å². The van der Waals surface area contributed by atoms with E-state index in [1.165, 1.54) is 0 Å². The number of ether oxygens (including phenoxy) is 3. The SMILES string of the molecule is CCOC(=O)c1cc(C(=O)c2ccc(OC)cc2)n2cnc(-c3ccc(OC)cc3)cc12. The van der Waals surface area contributed by atoms with Crippen molar-refractivity contribution >= 4 is 17.3 Å². The highest BCUT2D eigenvalue weighted by molar-refractivity contribution is 6.11. The number of rotatable bonds is 7. The van der Waals surface area contributed by atoms with Crippen LogP contribution in [0.25, 0.3) is 16.8 Å². The van der Waals surface area contributed by atoms with Gasteiger partial charge in [0.1, 0.15) is 17.8 Å². The normalized spacial score (nSPS) is 10.7. The van der Waals surface area contributed by atoms with Crippen LogP contribution in [0.5, 0.6) is 11.5 Å². The van der Waals surface area contributed by atoms with Crippen LogP contribution in [0.15, 0.2) is 67.0 Å². The molecule has 2 heterocycles. The number of fused-ring (bicyclic) bond motifs is 1. The summed E-state index contributed by atoms with van der Waals surface area (Å²) in [7, 11) is 3.17. The number of hydrogen-bond donors (Lipinski definition) is 0. The Balaban J connectivity index is 1.82. The van der Waals surface area contributed by atoms with Crippen LogP contribution < -0.4 is 9.47 Å². The molecule has 4 aromatic rings. The summed E-state index contributed by atoms with van der Waals surface area (Å²) in [5.41, 5.74) is 3.16. The van der Waals surface area contributed by atoms with Crippen LogP contribution in [0.2, 0.25) is 0 Å². The predicted molar refractivity (Wildman–Crippen MR) is 120 cm³/mol. The van der Waals surface area contributed by atoms with E-state index in [0.29, 0.717) is 33.8 Å². The van der Waals surface area contributed by atoms with Gasteiger partial charge in [0.2, 0.25) is 5.78 Å². The van der Waals surface area contributed by atoms with Crippen molar-refractivity contribution in [3.05, 3.63) is 83.8 Å². The number of hydrogen-bond acceptors (Lipinski definition) is 6. The molecular formula is C25H22N2O5. The van der Waals surface area contributed by atoms with Crippen molar-refractivity contribution in [2.75, 3.05) is 20.8 Å². The largest absolute Gasteiger partial charge is 0.497 e. The second kappa shape index (κ2) is 8.93. The highest BCUT2D eigenvalue weighted by atomic mass is 16.5. The number of carbonyl (C=O) groups is 2. The highest BCUT2D eigenvalue weighted by Crippen LogP contribution is 2.26. The molecule has 2 aromatic carbocycles. The van der Waals surface area contributed by atoms with Gasteiger partial charge in [-0.2, -0.15) is 0 Å². The molecule has 32 heavy (non-hydrogen) atoms. The molecule has 0 aliphatic carbocycles. The van der Waals surface area contributed by atoms with Gasteiger partial charge >= 0.3 is 5.97 Å². The van der Waals surface area contributed by atoms with Gasteiger partial charge in [0.15, 0.2) is 0 Å². The molecule has 0 aliphatic rings. The average Bonchev–Trinajstić information content (AvgIpc) is 3.23. The third-order valence-corrected chi connectivity index (χ3v) is 5.13. The van der Waals surface area contributed by atoms with Crippen molar-refractivity contribution < 1.29 is 23.8 Å². The zero-order chi connectivity index (χ0) is 22.7. The first-order valence-corrected chi connectivity index (χ1v) is 10.1. The minimum absolute atomic E-state index is 0.231. The van der Waals surface area contributed by atoms with Gasteiger partial charge in [-0.1, -0.05) is 0 Å². The summed E-state index contributed by atoms with van der Waals surface area (Å²) in [4.78, 5) is 30.4. The van der Waals surface area contributed by atoms with E-state index >= 15 is 0 Å². The van der Waals surface area contributed by atoms with Gasteiger partial charge in [0.05, 0.1) is 43.3 Å². The van der Waals surface area contributed by atoms with Gasteiger partial charge in [-0.25, -0.2) is 9.78 Å². The summed E-state index contributed by atoms with van der Waals surface area (Å²) in [6, 6.07) is 17.6. The monoisotopic (exact) mass is 430 g/mol. The van der Waals surface area contributed by atoms with Crippen LogP contribution in [-0.2, 0) is 4.74 Å². The molecule has 7 heteroatoms. The number of ketones is 1. The maximum Gasteiger partial charge on any atom is 0.340 e. The standard InChI is InChI=1S/C25H22N2O5/c1-4-32-25(29)20-13-23(24(28)17-7-11-19(31-3)12-8-17)27-15-26-21(14-22(20)27)16-5-9-18(30-2)10-6-16/h5-15H,4H2,1-3H3. The summed E-state index contributed by atoms with van der Waals surface area (Å²) >= 11 is 0. The minimum atomic E-state index is -0.495. The van der Waals surface area contributed by atoms with E-state index in [-0.39, 0.29) is 12.4 Å². The first-order chi connectivity index (χ1) is 15.5. The van der Waals surface area contributed by atoms with Gasteiger partial charge in [0, 0.05) is 11.1 Å². The van der Waals surface area contributed by atoms with E-state index in [2.05, 4.69) is 4.98 Å². The Labute approximate surface area is 185 Å². The second-order valence-electron chi connectivity index (χ2n) is 6.98. The highest BCUT2D eigenvalue weighted by Gasteiger charge is 2.22. The Hall–Kier alpha value is -4.13. The fourth-order valence-corrected chi connectivity index (χ4v) is 3.46. The summed E-state index contributed by atoms with van der Waals surface area (Å²) < 4.78 is 17.2. The number of carbonyl (C=O) groups excluding carboxylic acids is 2. The molecule has 4 rings (SSSR count). The molecule has 0 bridgehead atoms. The molecular weight excluding hydrogens is 408 g/mol. The number of benzene rings is 2. The van der Waals surface area contributed by atoms with Crippen LogP contribution in [-0.4, -0.2) is 42.0 Å². The van der Waals surface area contributed by atoms with Crippen molar-refractivity contribution in [3.63, 3.8) is 0 Å². The van der Waals surface area contributed by atoms with Gasteiger partial charge in [-0.3, -0.25) is 9.20 Å². The van der Waals surface area contributed by atoms with E-state index in [9.17, 15) is 9.59 Å². The van der Waals surface area contributed by atoms with Crippen LogP contribution in [0, 0.1) is 0 Å². The van der Waals surface area contributed by atoms with Gasteiger partial charge < -0.3 is 14.2 Å². The zero-order valence-electron chi connectivity index (χ0n) is 18.0. The predicted octanol–water partition coefficient (Wildman–Crippen LogP) is 4.43. The Morgan fingerprint density at radius 1 is 0.906 bits per heavy atom. The summed E-state index contributed by atoms with van der Waals surface area (Å²) in [5, 5.41) is 0. The Kier molecular flexibility index (Phi) is 5.89. The third kappa shape index (κ3) is 3.92. The lowest BCUT2D eigenvalue weighted by atomic mass is 10.1. The maximum absolute atomic E-state index is 13.2. The molecule has 0 spiro atoms. The fourth-order valence-electron chi connectivity index (χ4n) is 3.46. The molecule has 7 nitrogen and oxygen atoms in total. The van der Waals surface area contributed by atoms with Crippen molar-refractivity contribution in [3.8, 4) is 22.8 Å². The molecule has 0 saturated carbocycles. The van der Waals surface area contributed by atoms with E-state index in [1.54, 1.807) is 68.3 Å². The molecule has 0 saturated heterocycles. The Morgan fingerprint density at radius 2 is 1.53 bits per heavy atom. The van der Waals surface area contributed by atoms with E-state index in [1.807, 2.05) is 24.3 Å². The average molecular weight is 430 g/mol. The van der Waals surface area contributed by atoms with Crippen molar-refractivity contribution in [2.45, 2.75) is 6.92 Å². The van der Waals surface area contributed by atoms with Crippen LogP contribution in [0.3, 0.4) is 0 Å². The smallest absolute Gasteiger partial charge is 0.340 e. The Bertz CT molecular complexity index is 1270. The minimum Gasteiger partial charge on any atom is -0.497 e. The number of nitrogens with zero attached hydrogens (tertiary/aromatic N) is 2. The van der Waals surface area contributed by atoms with Crippen molar-refractivity contribution in [1.82, 2.24) is 9.38 Å². The van der Waals surface area contributed by atoms with E-state index in [4.69, 9.17) is 14.2 Å². The molecule has 0 atom stereocenters. The van der Waals surface area contributed by atoms with Crippen LogP contribution >= 0.6 is 0 Å². The molecule has 0 amide bonds. The quantitative estimate of drug-likeness (QED) is 0.319. The van der Waals surface area contributed by atoms with Crippen LogP contribution in [0.1, 0.15) is 33.3 Å². The van der Waals surface area contributed by atoms with Gasteiger partial charge in [-0.05, 0) is 67.6 Å². The molecule has 2 aromatic heterocycles. The second-order valence-corrected chi connectivity index (χ2v) is 6.98. The molecule has 0 unspecified atom stereocenters. The first kappa shape index (κ1) is 21.1. The lowest BCUT2D eigenvalue weighted by Gasteiger charge is -2.07. The van der Waals surface area contributed by atoms with E-state index in [0.717, 1.165) is 11.3 Å².